The molecule has 1 saturated heterocycles. The van der Waals surface area contributed by atoms with Crippen molar-refractivity contribution < 1.29 is 9.47 Å². The molecular formula is C20H25ClN2O2. The summed E-state index contributed by atoms with van der Waals surface area (Å²) in [6.45, 7) is 3.09. The maximum Gasteiger partial charge on any atom is 0.161 e. The summed E-state index contributed by atoms with van der Waals surface area (Å²) < 4.78 is 10.7. The second-order valence-corrected chi connectivity index (χ2v) is 6.83. The molecule has 134 valence electrons. The van der Waals surface area contributed by atoms with E-state index < -0.39 is 0 Å². The summed E-state index contributed by atoms with van der Waals surface area (Å²) in [4.78, 5) is 2.48. The summed E-state index contributed by atoms with van der Waals surface area (Å²) in [6.07, 6.45) is 2.25. The molecule has 2 aromatic rings. The highest BCUT2D eigenvalue weighted by Gasteiger charge is 2.19. The highest BCUT2D eigenvalue weighted by Crippen LogP contribution is 2.28. The van der Waals surface area contributed by atoms with Crippen molar-refractivity contribution >= 4 is 17.3 Å². The first-order chi connectivity index (χ1) is 12.2. The Labute approximate surface area is 154 Å². The van der Waals surface area contributed by atoms with Gasteiger partial charge in [0.1, 0.15) is 0 Å². The van der Waals surface area contributed by atoms with Crippen molar-refractivity contribution in [2.75, 3.05) is 32.6 Å². The maximum absolute atomic E-state index is 6.05. The Balaban J connectivity index is 1.52. The fourth-order valence-corrected chi connectivity index (χ4v) is 3.48. The first-order valence-electron chi connectivity index (χ1n) is 8.63. The van der Waals surface area contributed by atoms with Crippen molar-refractivity contribution in [3.8, 4) is 11.5 Å². The lowest BCUT2D eigenvalue weighted by molar-refractivity contribution is 0.211. The number of nitrogens with one attached hydrogen (secondary N) is 1. The predicted octanol–water partition coefficient (Wildman–Crippen LogP) is 4.43. The van der Waals surface area contributed by atoms with Gasteiger partial charge in [-0.05, 0) is 48.7 Å². The molecule has 1 aliphatic rings. The number of benzene rings is 2. The zero-order chi connectivity index (χ0) is 17.6. The quantitative estimate of drug-likeness (QED) is 0.826. The number of likely N-dealkylation sites (tertiary alicyclic amines) is 1. The second kappa shape index (κ2) is 8.45. The Bertz CT molecular complexity index is 700. The third-order valence-electron chi connectivity index (χ3n) is 4.64. The molecule has 1 aliphatic heterocycles. The third kappa shape index (κ3) is 4.80. The molecule has 1 N–H and O–H groups in total. The lowest BCUT2D eigenvalue weighted by atomic mass is 10.0. The van der Waals surface area contributed by atoms with Gasteiger partial charge in [0.05, 0.1) is 14.2 Å². The van der Waals surface area contributed by atoms with Crippen LogP contribution in [0.5, 0.6) is 11.5 Å². The Morgan fingerprint density at radius 1 is 1.04 bits per heavy atom. The fraction of sp³-hybridized carbons (Fsp3) is 0.400. The van der Waals surface area contributed by atoms with Gasteiger partial charge < -0.3 is 14.8 Å². The normalized spacial score (nSPS) is 15.8. The van der Waals surface area contributed by atoms with Crippen LogP contribution >= 0.6 is 11.6 Å². The van der Waals surface area contributed by atoms with Crippen LogP contribution < -0.4 is 14.8 Å². The topological polar surface area (TPSA) is 33.7 Å². The standard InChI is InChI=1S/C20H25ClN2O2/c1-24-19-7-6-15(12-20(19)25-2)14-23-10-8-17(9-11-23)22-18-5-3-4-16(21)13-18/h3-7,12-13,17,22H,8-11,14H2,1-2H3. The lowest BCUT2D eigenvalue weighted by Gasteiger charge is -2.33. The molecule has 0 saturated carbocycles. The molecule has 5 heteroatoms. The van der Waals surface area contributed by atoms with Gasteiger partial charge in [0, 0.05) is 36.4 Å². The molecule has 2 aromatic carbocycles. The van der Waals surface area contributed by atoms with Gasteiger partial charge in [-0.2, -0.15) is 0 Å². The summed E-state index contributed by atoms with van der Waals surface area (Å²) in [5.74, 6) is 1.56. The van der Waals surface area contributed by atoms with E-state index in [2.05, 4.69) is 28.4 Å². The zero-order valence-corrected chi connectivity index (χ0v) is 15.6. The first kappa shape index (κ1) is 17.9. The largest absolute Gasteiger partial charge is 0.493 e. The van der Waals surface area contributed by atoms with E-state index in [1.807, 2.05) is 24.3 Å². The molecule has 0 aliphatic carbocycles. The SMILES string of the molecule is COc1ccc(CN2CCC(Nc3cccc(Cl)c3)CC2)cc1OC. The van der Waals surface area contributed by atoms with E-state index in [1.54, 1.807) is 14.2 Å². The van der Waals surface area contributed by atoms with Crippen LogP contribution in [-0.2, 0) is 6.54 Å². The molecule has 0 amide bonds. The highest BCUT2D eigenvalue weighted by atomic mass is 35.5. The van der Waals surface area contributed by atoms with Crippen LogP contribution in [0.15, 0.2) is 42.5 Å². The smallest absolute Gasteiger partial charge is 0.161 e. The van der Waals surface area contributed by atoms with Gasteiger partial charge in [-0.1, -0.05) is 23.7 Å². The van der Waals surface area contributed by atoms with Crippen LogP contribution in [0.4, 0.5) is 5.69 Å². The van der Waals surface area contributed by atoms with Gasteiger partial charge >= 0.3 is 0 Å². The number of halogens is 1. The van der Waals surface area contributed by atoms with Crippen LogP contribution in [-0.4, -0.2) is 38.3 Å². The number of hydrogen-bond donors (Lipinski definition) is 1. The van der Waals surface area contributed by atoms with Crippen LogP contribution in [0, 0.1) is 0 Å². The van der Waals surface area contributed by atoms with Crippen molar-refractivity contribution in [3.63, 3.8) is 0 Å². The van der Waals surface area contributed by atoms with Crippen molar-refractivity contribution in [3.05, 3.63) is 53.1 Å². The summed E-state index contributed by atoms with van der Waals surface area (Å²) in [5.41, 5.74) is 2.35. The molecule has 0 atom stereocenters. The molecule has 25 heavy (non-hydrogen) atoms. The van der Waals surface area contributed by atoms with E-state index in [-0.39, 0.29) is 0 Å². The Kier molecular flexibility index (Phi) is 6.05. The molecule has 0 unspecified atom stereocenters. The summed E-state index contributed by atoms with van der Waals surface area (Å²) in [6, 6.07) is 14.6. The number of piperidine rings is 1. The number of methoxy groups -OCH3 is 2. The van der Waals surface area contributed by atoms with Gasteiger partial charge in [-0.15, -0.1) is 0 Å². The fourth-order valence-electron chi connectivity index (χ4n) is 3.29. The number of rotatable bonds is 6. The minimum Gasteiger partial charge on any atom is -0.493 e. The number of nitrogens with zero attached hydrogens (tertiary/aromatic N) is 1. The molecule has 0 bridgehead atoms. The van der Waals surface area contributed by atoms with Gasteiger partial charge in [0.2, 0.25) is 0 Å². The maximum atomic E-state index is 6.05. The summed E-state index contributed by atoms with van der Waals surface area (Å²) in [5, 5.41) is 4.37. The minimum absolute atomic E-state index is 0.500. The van der Waals surface area contributed by atoms with Gasteiger partial charge in [0.15, 0.2) is 11.5 Å². The van der Waals surface area contributed by atoms with E-state index in [1.165, 1.54) is 5.56 Å². The van der Waals surface area contributed by atoms with Crippen LogP contribution in [0.3, 0.4) is 0 Å². The summed E-state index contributed by atoms with van der Waals surface area (Å²) >= 11 is 6.05. The van der Waals surface area contributed by atoms with Gasteiger partial charge in [0.25, 0.3) is 0 Å². The van der Waals surface area contributed by atoms with Crippen molar-refractivity contribution in [1.29, 1.82) is 0 Å². The van der Waals surface area contributed by atoms with Gasteiger partial charge in [-0.3, -0.25) is 4.90 Å². The zero-order valence-electron chi connectivity index (χ0n) is 14.8. The van der Waals surface area contributed by atoms with E-state index >= 15 is 0 Å². The second-order valence-electron chi connectivity index (χ2n) is 6.39. The predicted molar refractivity (Wildman–Crippen MR) is 103 cm³/mol. The third-order valence-corrected chi connectivity index (χ3v) is 4.87. The molecule has 0 spiro atoms. The van der Waals surface area contributed by atoms with E-state index in [0.29, 0.717) is 6.04 Å². The van der Waals surface area contributed by atoms with E-state index in [9.17, 15) is 0 Å². The first-order valence-corrected chi connectivity index (χ1v) is 9.01. The molecule has 0 radical (unpaired) electrons. The lowest BCUT2D eigenvalue weighted by Crippen LogP contribution is -2.38. The molecular weight excluding hydrogens is 336 g/mol. The number of hydrogen-bond acceptors (Lipinski definition) is 4. The minimum atomic E-state index is 0.500. The highest BCUT2D eigenvalue weighted by molar-refractivity contribution is 6.30. The number of ether oxygens (including phenoxy) is 2. The average Bonchev–Trinajstić information content (AvgIpc) is 2.63. The van der Waals surface area contributed by atoms with Crippen molar-refractivity contribution in [2.45, 2.75) is 25.4 Å². The average molecular weight is 361 g/mol. The Hall–Kier alpha value is -1.91. The summed E-state index contributed by atoms with van der Waals surface area (Å²) in [7, 11) is 3.34. The van der Waals surface area contributed by atoms with Crippen molar-refractivity contribution in [1.82, 2.24) is 4.90 Å². The Morgan fingerprint density at radius 2 is 1.80 bits per heavy atom. The van der Waals surface area contributed by atoms with Crippen LogP contribution in [0.1, 0.15) is 18.4 Å². The molecule has 1 heterocycles. The van der Waals surface area contributed by atoms with Crippen LogP contribution in [0.25, 0.3) is 0 Å². The molecule has 1 fully saturated rings. The van der Waals surface area contributed by atoms with E-state index in [4.69, 9.17) is 21.1 Å². The molecule has 4 nitrogen and oxygen atoms in total. The number of anilines is 1. The van der Waals surface area contributed by atoms with Crippen molar-refractivity contribution in [2.24, 2.45) is 0 Å². The molecule has 3 rings (SSSR count). The monoisotopic (exact) mass is 360 g/mol. The molecule has 0 aromatic heterocycles. The van der Waals surface area contributed by atoms with Gasteiger partial charge in [-0.25, -0.2) is 0 Å². The van der Waals surface area contributed by atoms with Crippen LogP contribution in [0.2, 0.25) is 5.02 Å². The van der Waals surface area contributed by atoms with E-state index in [0.717, 1.165) is 54.7 Å². The Morgan fingerprint density at radius 3 is 2.48 bits per heavy atom.